The Morgan fingerprint density at radius 2 is 1.97 bits per heavy atom. The molecule has 4 rings (SSSR count). The number of rotatable bonds is 7. The first-order valence-corrected chi connectivity index (χ1v) is 10.5. The predicted octanol–water partition coefficient (Wildman–Crippen LogP) is 2.54. The number of pyridine rings is 2. The second-order valence-corrected chi connectivity index (χ2v) is 7.75. The molecule has 0 saturated carbocycles. The van der Waals surface area contributed by atoms with E-state index in [4.69, 9.17) is 10.1 Å². The number of methoxy groups -OCH3 is 1. The summed E-state index contributed by atoms with van der Waals surface area (Å²) in [5, 5.41) is 11.7. The summed E-state index contributed by atoms with van der Waals surface area (Å²) in [6.45, 7) is 2.84. The van der Waals surface area contributed by atoms with Crippen molar-refractivity contribution in [3.63, 3.8) is 0 Å². The molecular formula is C24H24FN5O3. The standard InChI is InChI=1S/C24H24FN5O3/c1-15-5-3-10-30-21(15)28-22-19(24(30)32)13-18(20(26)29(22)11-4-12-33-2)23(31)27-14-16-6-8-17(25)9-7-16/h3,5-10,13,26H,4,11-12,14H2,1-2H3,(H,27,31). The van der Waals surface area contributed by atoms with Gasteiger partial charge in [0.2, 0.25) is 0 Å². The molecule has 0 aliphatic heterocycles. The molecule has 0 saturated heterocycles. The molecule has 0 atom stereocenters. The minimum Gasteiger partial charge on any atom is -0.385 e. The predicted molar refractivity (Wildman–Crippen MR) is 122 cm³/mol. The van der Waals surface area contributed by atoms with E-state index in [-0.39, 0.29) is 34.4 Å². The van der Waals surface area contributed by atoms with Gasteiger partial charge >= 0.3 is 0 Å². The Bertz CT molecular complexity index is 1460. The second-order valence-electron chi connectivity index (χ2n) is 7.75. The number of nitrogens with one attached hydrogen (secondary N) is 2. The minimum absolute atomic E-state index is 0.0416. The van der Waals surface area contributed by atoms with Gasteiger partial charge in [-0.1, -0.05) is 18.2 Å². The van der Waals surface area contributed by atoms with Gasteiger partial charge in [-0.25, -0.2) is 9.37 Å². The van der Waals surface area contributed by atoms with Crippen molar-refractivity contribution in [1.29, 1.82) is 5.41 Å². The number of fused-ring (bicyclic) bond motifs is 2. The second kappa shape index (κ2) is 9.33. The van der Waals surface area contributed by atoms with Crippen LogP contribution in [0.2, 0.25) is 0 Å². The molecule has 4 aromatic rings. The van der Waals surface area contributed by atoms with Crippen molar-refractivity contribution in [2.24, 2.45) is 0 Å². The molecule has 170 valence electrons. The van der Waals surface area contributed by atoms with Crippen LogP contribution < -0.4 is 16.4 Å². The van der Waals surface area contributed by atoms with Crippen LogP contribution in [0.1, 0.15) is 27.9 Å². The Morgan fingerprint density at radius 1 is 1.21 bits per heavy atom. The number of ether oxygens (including phenoxy) is 1. The number of carbonyl (C=O) groups is 1. The molecule has 0 fully saturated rings. The van der Waals surface area contributed by atoms with Crippen molar-refractivity contribution in [3.8, 4) is 0 Å². The van der Waals surface area contributed by atoms with Gasteiger partial charge in [0, 0.05) is 33.0 Å². The number of carbonyl (C=O) groups excluding carboxylic acids is 1. The molecule has 0 unspecified atom stereocenters. The zero-order valence-corrected chi connectivity index (χ0v) is 18.4. The minimum atomic E-state index is -0.500. The number of nitrogens with zero attached hydrogens (tertiary/aromatic N) is 3. The maximum Gasteiger partial charge on any atom is 0.267 e. The zero-order valence-electron chi connectivity index (χ0n) is 18.4. The molecule has 3 heterocycles. The molecule has 33 heavy (non-hydrogen) atoms. The highest BCUT2D eigenvalue weighted by Gasteiger charge is 2.18. The molecule has 1 amide bonds. The van der Waals surface area contributed by atoms with Gasteiger partial charge in [0.05, 0.1) is 10.9 Å². The van der Waals surface area contributed by atoms with Gasteiger partial charge in [0.15, 0.2) is 0 Å². The van der Waals surface area contributed by atoms with Crippen LogP contribution in [-0.4, -0.2) is 33.6 Å². The van der Waals surface area contributed by atoms with E-state index < -0.39 is 5.91 Å². The normalized spacial score (nSPS) is 11.2. The smallest absolute Gasteiger partial charge is 0.267 e. The quantitative estimate of drug-likeness (QED) is 0.334. The molecule has 9 heteroatoms. The fourth-order valence-corrected chi connectivity index (χ4v) is 3.73. The maximum absolute atomic E-state index is 13.3. The van der Waals surface area contributed by atoms with Crippen LogP contribution in [0, 0.1) is 18.2 Å². The number of aryl methyl sites for hydroxylation is 2. The van der Waals surface area contributed by atoms with Gasteiger partial charge in [0.25, 0.3) is 11.5 Å². The van der Waals surface area contributed by atoms with Crippen molar-refractivity contribution < 1.29 is 13.9 Å². The molecule has 3 aromatic heterocycles. The van der Waals surface area contributed by atoms with Crippen LogP contribution in [0.5, 0.6) is 0 Å². The van der Waals surface area contributed by atoms with Crippen molar-refractivity contribution in [2.45, 2.75) is 26.4 Å². The monoisotopic (exact) mass is 449 g/mol. The highest BCUT2D eigenvalue weighted by molar-refractivity contribution is 5.96. The Kier molecular flexibility index (Phi) is 6.32. The summed E-state index contributed by atoms with van der Waals surface area (Å²) in [6.07, 6.45) is 2.22. The van der Waals surface area contributed by atoms with E-state index in [2.05, 4.69) is 10.3 Å². The van der Waals surface area contributed by atoms with Crippen molar-refractivity contribution in [1.82, 2.24) is 19.3 Å². The summed E-state index contributed by atoms with van der Waals surface area (Å²) in [6, 6.07) is 10.8. The fourth-order valence-electron chi connectivity index (χ4n) is 3.73. The molecular weight excluding hydrogens is 425 g/mol. The first-order valence-electron chi connectivity index (χ1n) is 10.5. The Morgan fingerprint density at radius 3 is 2.70 bits per heavy atom. The van der Waals surface area contributed by atoms with E-state index in [9.17, 15) is 14.0 Å². The molecule has 0 radical (unpaired) electrons. The van der Waals surface area contributed by atoms with E-state index in [1.807, 2.05) is 13.0 Å². The molecule has 0 aliphatic rings. The van der Waals surface area contributed by atoms with Crippen LogP contribution in [0.4, 0.5) is 4.39 Å². The van der Waals surface area contributed by atoms with Gasteiger partial charge in [-0.3, -0.25) is 19.4 Å². The number of aromatic nitrogens is 3. The molecule has 2 N–H and O–H groups in total. The number of halogens is 1. The molecule has 0 aliphatic carbocycles. The fraction of sp³-hybridized carbons (Fsp3) is 0.250. The molecule has 0 spiro atoms. The van der Waals surface area contributed by atoms with Crippen LogP contribution in [-0.2, 0) is 17.8 Å². The first kappa shape index (κ1) is 22.3. The topological polar surface area (TPSA) is 101 Å². The van der Waals surface area contributed by atoms with Crippen molar-refractivity contribution in [2.75, 3.05) is 13.7 Å². The third-order valence-electron chi connectivity index (χ3n) is 5.47. The van der Waals surface area contributed by atoms with E-state index >= 15 is 0 Å². The van der Waals surface area contributed by atoms with Gasteiger partial charge in [-0.15, -0.1) is 0 Å². The third kappa shape index (κ3) is 4.40. The summed E-state index contributed by atoms with van der Waals surface area (Å²) in [7, 11) is 1.59. The van der Waals surface area contributed by atoms with E-state index in [0.29, 0.717) is 36.4 Å². The van der Waals surface area contributed by atoms with Crippen LogP contribution in [0.25, 0.3) is 16.7 Å². The Balaban J connectivity index is 1.83. The number of amides is 1. The SMILES string of the molecule is COCCCn1c(=N)c(C(=O)NCc2ccc(F)cc2)cc2c(=O)n3cccc(C)c3nc21. The lowest BCUT2D eigenvalue weighted by Gasteiger charge is -2.15. The third-order valence-corrected chi connectivity index (χ3v) is 5.47. The zero-order chi connectivity index (χ0) is 23.5. The number of hydrogen-bond acceptors (Lipinski definition) is 5. The first-order chi connectivity index (χ1) is 15.9. The summed E-state index contributed by atoms with van der Waals surface area (Å²) >= 11 is 0. The average molecular weight is 449 g/mol. The molecule has 8 nitrogen and oxygen atoms in total. The van der Waals surface area contributed by atoms with Gasteiger partial charge in [-0.2, -0.15) is 0 Å². The Hall–Kier alpha value is -3.85. The lowest BCUT2D eigenvalue weighted by Crippen LogP contribution is -2.35. The molecule has 1 aromatic carbocycles. The van der Waals surface area contributed by atoms with Crippen LogP contribution in [0.3, 0.4) is 0 Å². The maximum atomic E-state index is 13.3. The van der Waals surface area contributed by atoms with Crippen LogP contribution in [0.15, 0.2) is 53.5 Å². The highest BCUT2D eigenvalue weighted by atomic mass is 19.1. The average Bonchev–Trinajstić information content (AvgIpc) is 2.81. The Labute approximate surface area is 188 Å². The lowest BCUT2D eigenvalue weighted by atomic mass is 10.1. The van der Waals surface area contributed by atoms with E-state index in [1.54, 1.807) is 36.1 Å². The lowest BCUT2D eigenvalue weighted by molar-refractivity contribution is 0.0948. The van der Waals surface area contributed by atoms with Crippen molar-refractivity contribution in [3.05, 3.63) is 87.0 Å². The van der Waals surface area contributed by atoms with Gasteiger partial charge < -0.3 is 14.6 Å². The van der Waals surface area contributed by atoms with Crippen molar-refractivity contribution >= 4 is 22.6 Å². The molecule has 0 bridgehead atoms. The largest absolute Gasteiger partial charge is 0.385 e. The van der Waals surface area contributed by atoms with Crippen LogP contribution >= 0.6 is 0 Å². The number of benzene rings is 1. The summed E-state index contributed by atoms with van der Waals surface area (Å²) in [5.74, 6) is -0.860. The van der Waals surface area contributed by atoms with E-state index in [0.717, 1.165) is 5.56 Å². The summed E-state index contributed by atoms with van der Waals surface area (Å²) < 4.78 is 21.3. The number of hydrogen-bond donors (Lipinski definition) is 2. The van der Waals surface area contributed by atoms with Gasteiger partial charge in [0.1, 0.15) is 22.6 Å². The highest BCUT2D eigenvalue weighted by Crippen LogP contribution is 2.13. The summed E-state index contributed by atoms with van der Waals surface area (Å²) in [4.78, 5) is 30.9. The van der Waals surface area contributed by atoms with E-state index in [1.165, 1.54) is 22.6 Å². The van der Waals surface area contributed by atoms with Gasteiger partial charge in [-0.05, 0) is 48.7 Å². The summed E-state index contributed by atoms with van der Waals surface area (Å²) in [5.41, 5.74) is 2.11.